The normalized spacial score (nSPS) is 11.9. The van der Waals surface area contributed by atoms with Crippen molar-refractivity contribution in [3.05, 3.63) is 59.7 Å². The maximum atomic E-state index is 13.8. The molecule has 10 heteroatoms. The van der Waals surface area contributed by atoms with Gasteiger partial charge >= 0.3 is 0 Å². The number of methoxy groups -OCH3 is 1. The van der Waals surface area contributed by atoms with Gasteiger partial charge in [-0.25, -0.2) is 8.78 Å². The molecule has 2 aromatic carbocycles. The molecular formula is C18H17F2N5O2S. The maximum Gasteiger partial charge on any atom is 0.230 e. The number of carbonyl (C=O) groups is 1. The van der Waals surface area contributed by atoms with Crippen molar-refractivity contribution in [2.24, 2.45) is 0 Å². The van der Waals surface area contributed by atoms with E-state index in [0.717, 1.165) is 23.9 Å². The molecule has 0 saturated heterocycles. The molecule has 0 unspecified atom stereocenters. The number of hydrogen-bond acceptors (Lipinski definition) is 6. The zero-order chi connectivity index (χ0) is 20.1. The molecule has 3 aromatic rings. The average Bonchev–Trinajstić information content (AvgIpc) is 3.14. The predicted molar refractivity (Wildman–Crippen MR) is 99.3 cm³/mol. The van der Waals surface area contributed by atoms with Crippen molar-refractivity contribution in [3.63, 3.8) is 0 Å². The number of benzene rings is 2. The highest BCUT2D eigenvalue weighted by atomic mass is 32.2. The number of thioether (sulfide) groups is 1. The number of tetrazole rings is 1. The van der Waals surface area contributed by atoms with Gasteiger partial charge in [0.15, 0.2) is 0 Å². The van der Waals surface area contributed by atoms with Crippen LogP contribution in [0, 0.1) is 11.6 Å². The van der Waals surface area contributed by atoms with E-state index in [1.165, 1.54) is 10.7 Å². The topological polar surface area (TPSA) is 81.9 Å². The van der Waals surface area contributed by atoms with Gasteiger partial charge < -0.3 is 10.1 Å². The van der Waals surface area contributed by atoms with Crippen LogP contribution in [-0.2, 0) is 4.79 Å². The molecule has 3 rings (SSSR count). The van der Waals surface area contributed by atoms with Gasteiger partial charge in [0.25, 0.3) is 0 Å². The molecule has 0 aliphatic rings. The van der Waals surface area contributed by atoms with E-state index < -0.39 is 17.7 Å². The number of rotatable bonds is 7. The van der Waals surface area contributed by atoms with Gasteiger partial charge in [0.1, 0.15) is 23.1 Å². The van der Waals surface area contributed by atoms with Crippen LogP contribution in [-0.4, -0.2) is 39.0 Å². The van der Waals surface area contributed by atoms with Crippen molar-refractivity contribution in [2.45, 2.75) is 18.1 Å². The zero-order valence-corrected chi connectivity index (χ0v) is 15.9. The first-order valence-electron chi connectivity index (χ1n) is 8.28. The van der Waals surface area contributed by atoms with Gasteiger partial charge in [0.2, 0.25) is 11.1 Å². The van der Waals surface area contributed by atoms with Crippen LogP contribution in [0.3, 0.4) is 0 Å². The van der Waals surface area contributed by atoms with Gasteiger partial charge in [-0.3, -0.25) is 4.79 Å². The number of carbonyl (C=O) groups excluding carboxylic acids is 1. The summed E-state index contributed by atoms with van der Waals surface area (Å²) in [6, 6.07) is 9.84. The number of nitrogens with one attached hydrogen (secondary N) is 1. The minimum Gasteiger partial charge on any atom is -0.494 e. The van der Waals surface area contributed by atoms with Crippen molar-refractivity contribution in [3.8, 4) is 11.4 Å². The second kappa shape index (κ2) is 8.79. The Kier molecular flexibility index (Phi) is 6.19. The van der Waals surface area contributed by atoms with Crippen LogP contribution in [0.25, 0.3) is 5.69 Å². The molecule has 0 radical (unpaired) electrons. The molecule has 146 valence electrons. The lowest BCUT2D eigenvalue weighted by molar-refractivity contribution is -0.119. The number of amides is 1. The number of aromatic nitrogens is 4. The van der Waals surface area contributed by atoms with Crippen LogP contribution in [0.2, 0.25) is 0 Å². The highest BCUT2D eigenvalue weighted by Gasteiger charge is 2.17. The lowest BCUT2D eigenvalue weighted by Gasteiger charge is -2.15. The Morgan fingerprint density at radius 3 is 2.82 bits per heavy atom. The van der Waals surface area contributed by atoms with E-state index in [1.54, 1.807) is 26.2 Å². The van der Waals surface area contributed by atoms with Crippen LogP contribution < -0.4 is 10.1 Å². The minimum atomic E-state index is -0.708. The molecule has 1 aromatic heterocycles. The summed E-state index contributed by atoms with van der Waals surface area (Å²) in [4.78, 5) is 12.2. The van der Waals surface area contributed by atoms with Crippen LogP contribution in [0.4, 0.5) is 8.78 Å². The molecule has 0 spiro atoms. The first-order chi connectivity index (χ1) is 13.5. The standard InChI is InChI=1S/C18H17F2N5O2S/c1-11(13-8-7-12(19)9-14(13)20)21-17(26)10-28-18-22-23-24-25(18)15-5-3-4-6-16(15)27-2/h3-9,11H,10H2,1-2H3,(H,21,26)/t11-/m1/s1. The van der Waals surface area contributed by atoms with Crippen molar-refractivity contribution >= 4 is 17.7 Å². The fraction of sp³-hybridized carbons (Fsp3) is 0.222. The van der Waals surface area contributed by atoms with E-state index in [1.807, 2.05) is 12.1 Å². The monoisotopic (exact) mass is 405 g/mol. The smallest absolute Gasteiger partial charge is 0.230 e. The summed E-state index contributed by atoms with van der Waals surface area (Å²) in [7, 11) is 1.54. The molecule has 1 N–H and O–H groups in total. The van der Waals surface area contributed by atoms with Crippen LogP contribution in [0.15, 0.2) is 47.6 Å². The molecule has 0 aliphatic carbocycles. The van der Waals surface area contributed by atoms with Gasteiger partial charge in [0, 0.05) is 11.6 Å². The van der Waals surface area contributed by atoms with E-state index in [9.17, 15) is 13.6 Å². The third kappa shape index (κ3) is 4.45. The summed E-state index contributed by atoms with van der Waals surface area (Å²) >= 11 is 1.13. The summed E-state index contributed by atoms with van der Waals surface area (Å²) in [6.07, 6.45) is 0. The van der Waals surface area contributed by atoms with Gasteiger partial charge in [0.05, 0.1) is 18.9 Å². The van der Waals surface area contributed by atoms with Crippen LogP contribution in [0.1, 0.15) is 18.5 Å². The van der Waals surface area contributed by atoms with Crippen molar-refractivity contribution in [1.82, 2.24) is 25.5 Å². The summed E-state index contributed by atoms with van der Waals surface area (Å²) in [5.74, 6) is -1.11. The molecule has 0 aliphatic heterocycles. The average molecular weight is 405 g/mol. The molecule has 1 atom stereocenters. The highest BCUT2D eigenvalue weighted by molar-refractivity contribution is 7.99. The Hall–Kier alpha value is -3.01. The first-order valence-corrected chi connectivity index (χ1v) is 9.27. The number of ether oxygens (including phenoxy) is 1. The first kappa shape index (κ1) is 19.7. The number of halogens is 2. The summed E-state index contributed by atoms with van der Waals surface area (Å²) in [5, 5.41) is 14.6. The fourth-order valence-corrected chi connectivity index (χ4v) is 3.26. The Balaban J connectivity index is 1.65. The molecular weight excluding hydrogens is 388 g/mol. The Labute approximate surface area is 164 Å². The van der Waals surface area contributed by atoms with Gasteiger partial charge in [-0.05, 0) is 35.5 Å². The molecule has 7 nitrogen and oxygen atoms in total. The molecule has 1 amide bonds. The number of para-hydroxylation sites is 2. The third-order valence-electron chi connectivity index (χ3n) is 3.89. The fourth-order valence-electron chi connectivity index (χ4n) is 2.57. The van der Waals surface area contributed by atoms with Gasteiger partial charge in [-0.1, -0.05) is 30.0 Å². The Morgan fingerprint density at radius 2 is 2.07 bits per heavy atom. The van der Waals surface area contributed by atoms with Crippen molar-refractivity contribution in [1.29, 1.82) is 0 Å². The second-order valence-corrected chi connectivity index (χ2v) is 6.73. The van der Waals surface area contributed by atoms with Gasteiger partial charge in [-0.2, -0.15) is 4.68 Å². The summed E-state index contributed by atoms with van der Waals surface area (Å²) in [6.45, 7) is 1.62. The molecule has 1 heterocycles. The number of hydrogen-bond donors (Lipinski definition) is 1. The largest absolute Gasteiger partial charge is 0.494 e. The molecule has 0 fully saturated rings. The molecule has 0 saturated carbocycles. The minimum absolute atomic E-state index is 0.0165. The summed E-state index contributed by atoms with van der Waals surface area (Å²) < 4.78 is 33.6. The SMILES string of the molecule is COc1ccccc1-n1nnnc1SCC(=O)N[C@H](C)c1ccc(F)cc1F. The maximum absolute atomic E-state index is 13.8. The van der Waals surface area contributed by atoms with E-state index >= 15 is 0 Å². The zero-order valence-electron chi connectivity index (χ0n) is 15.1. The Bertz CT molecular complexity index is 982. The third-order valence-corrected chi connectivity index (χ3v) is 4.81. The van der Waals surface area contributed by atoms with E-state index in [2.05, 4.69) is 20.8 Å². The van der Waals surface area contributed by atoms with E-state index in [0.29, 0.717) is 16.6 Å². The van der Waals surface area contributed by atoms with Gasteiger partial charge in [-0.15, -0.1) is 5.10 Å². The van der Waals surface area contributed by atoms with E-state index in [4.69, 9.17) is 4.74 Å². The van der Waals surface area contributed by atoms with Crippen molar-refractivity contribution in [2.75, 3.05) is 12.9 Å². The molecule has 0 bridgehead atoms. The lowest BCUT2D eigenvalue weighted by atomic mass is 10.1. The quantitative estimate of drug-likeness (QED) is 0.609. The predicted octanol–water partition coefficient (Wildman–Crippen LogP) is 2.92. The van der Waals surface area contributed by atoms with E-state index in [-0.39, 0.29) is 17.2 Å². The highest BCUT2D eigenvalue weighted by Crippen LogP contribution is 2.25. The second-order valence-electron chi connectivity index (χ2n) is 5.79. The van der Waals surface area contributed by atoms with Crippen LogP contribution in [0.5, 0.6) is 5.75 Å². The molecule has 28 heavy (non-hydrogen) atoms. The van der Waals surface area contributed by atoms with Crippen LogP contribution >= 0.6 is 11.8 Å². The summed E-state index contributed by atoms with van der Waals surface area (Å²) in [5.41, 5.74) is 0.846. The lowest BCUT2D eigenvalue weighted by Crippen LogP contribution is -2.28. The van der Waals surface area contributed by atoms with Crippen molar-refractivity contribution < 1.29 is 18.3 Å². The number of nitrogens with zero attached hydrogens (tertiary/aromatic N) is 4. The Morgan fingerprint density at radius 1 is 1.29 bits per heavy atom.